The van der Waals surface area contributed by atoms with E-state index in [1.54, 1.807) is 43.3 Å². The van der Waals surface area contributed by atoms with Gasteiger partial charge in [0, 0.05) is 6.54 Å². The van der Waals surface area contributed by atoms with E-state index in [0.29, 0.717) is 17.0 Å². The molecule has 0 bridgehead atoms. The number of carbonyl (C=O) groups is 3. The molecule has 8 nitrogen and oxygen atoms in total. The van der Waals surface area contributed by atoms with Crippen molar-refractivity contribution in [2.45, 2.75) is 20.0 Å². The summed E-state index contributed by atoms with van der Waals surface area (Å²) in [5, 5.41) is 14.2. The molecule has 0 aliphatic heterocycles. The van der Waals surface area contributed by atoms with E-state index < -0.39 is 11.9 Å². The summed E-state index contributed by atoms with van der Waals surface area (Å²) in [5.74, 6) is -0.753. The van der Waals surface area contributed by atoms with Gasteiger partial charge in [0.1, 0.15) is 12.4 Å². The van der Waals surface area contributed by atoms with E-state index in [4.69, 9.17) is 14.7 Å². The Labute approximate surface area is 188 Å². The van der Waals surface area contributed by atoms with Gasteiger partial charge in [0.2, 0.25) is 5.91 Å². The zero-order valence-electron chi connectivity index (χ0n) is 16.9. The zero-order valence-corrected chi connectivity index (χ0v) is 18.5. The van der Waals surface area contributed by atoms with E-state index in [1.807, 2.05) is 0 Å². The normalized spacial score (nSPS) is 9.97. The van der Waals surface area contributed by atoms with Crippen molar-refractivity contribution in [2.24, 2.45) is 0 Å². The van der Waals surface area contributed by atoms with Gasteiger partial charge in [-0.1, -0.05) is 28.1 Å². The first-order chi connectivity index (χ1) is 15.0. The Morgan fingerprint density at radius 1 is 1.13 bits per heavy atom. The van der Waals surface area contributed by atoms with Crippen LogP contribution < -0.4 is 15.4 Å². The van der Waals surface area contributed by atoms with Crippen molar-refractivity contribution in [3.05, 3.63) is 59.2 Å². The van der Waals surface area contributed by atoms with Crippen molar-refractivity contribution in [1.82, 2.24) is 5.32 Å². The highest BCUT2D eigenvalue weighted by molar-refractivity contribution is 9.09. The fraction of sp³-hybridized carbons (Fsp3) is 0.273. The van der Waals surface area contributed by atoms with Crippen LogP contribution in [0.5, 0.6) is 5.75 Å². The third-order valence-corrected chi connectivity index (χ3v) is 4.55. The Balaban J connectivity index is 2.11. The third-order valence-electron chi connectivity index (χ3n) is 4.04. The van der Waals surface area contributed by atoms with Crippen LogP contribution in [-0.4, -0.2) is 36.3 Å². The maximum atomic E-state index is 12.7. The van der Waals surface area contributed by atoms with E-state index >= 15 is 0 Å². The molecule has 0 aliphatic carbocycles. The number of hydrogen-bond donors (Lipinski definition) is 2. The largest absolute Gasteiger partial charge is 0.489 e. The quantitative estimate of drug-likeness (QED) is 0.392. The highest BCUT2D eigenvalue weighted by Gasteiger charge is 2.15. The van der Waals surface area contributed by atoms with E-state index in [-0.39, 0.29) is 43.0 Å². The van der Waals surface area contributed by atoms with Crippen LogP contribution in [0.3, 0.4) is 0 Å². The zero-order chi connectivity index (χ0) is 22.6. The molecule has 0 aromatic heterocycles. The number of nitrogens with zero attached hydrogens (tertiary/aromatic N) is 1. The molecular formula is C22H22BrN3O5. The van der Waals surface area contributed by atoms with E-state index in [9.17, 15) is 14.4 Å². The van der Waals surface area contributed by atoms with Crippen molar-refractivity contribution in [2.75, 3.05) is 23.8 Å². The molecule has 2 aromatic carbocycles. The van der Waals surface area contributed by atoms with E-state index in [2.05, 4.69) is 32.6 Å². The summed E-state index contributed by atoms with van der Waals surface area (Å²) in [4.78, 5) is 35.9. The number of nitrogens with one attached hydrogen (secondary N) is 2. The molecule has 2 rings (SSSR count). The Morgan fingerprint density at radius 3 is 2.52 bits per heavy atom. The second-order valence-corrected chi connectivity index (χ2v) is 6.86. The van der Waals surface area contributed by atoms with E-state index in [0.717, 1.165) is 5.56 Å². The minimum atomic E-state index is -0.460. The second kappa shape index (κ2) is 12.3. The summed E-state index contributed by atoms with van der Waals surface area (Å²) in [6.07, 6.45) is 0.0392. The van der Waals surface area contributed by atoms with Gasteiger partial charge in [-0.3, -0.25) is 14.4 Å². The number of alkyl halides is 1. The summed E-state index contributed by atoms with van der Waals surface area (Å²) in [6.45, 7) is 2.31. The van der Waals surface area contributed by atoms with Gasteiger partial charge in [0.05, 0.1) is 41.2 Å². The molecule has 2 N–H and O–H groups in total. The van der Waals surface area contributed by atoms with Gasteiger partial charge in [-0.15, -0.1) is 0 Å². The Morgan fingerprint density at radius 2 is 1.87 bits per heavy atom. The highest BCUT2D eigenvalue weighted by Crippen LogP contribution is 2.23. The monoisotopic (exact) mass is 487 g/mol. The lowest BCUT2D eigenvalue weighted by atomic mass is 10.1. The average Bonchev–Trinajstić information content (AvgIpc) is 2.78. The predicted octanol–water partition coefficient (Wildman–Crippen LogP) is 3.15. The van der Waals surface area contributed by atoms with Crippen molar-refractivity contribution in [1.29, 1.82) is 5.26 Å². The van der Waals surface area contributed by atoms with Gasteiger partial charge >= 0.3 is 5.97 Å². The molecule has 0 saturated carbocycles. The molecule has 0 radical (unpaired) electrons. The molecule has 0 unspecified atom stereocenters. The molecule has 0 saturated heterocycles. The molecule has 2 aromatic rings. The van der Waals surface area contributed by atoms with Gasteiger partial charge in [-0.25, -0.2) is 0 Å². The fourth-order valence-electron chi connectivity index (χ4n) is 2.54. The molecule has 0 spiro atoms. The maximum Gasteiger partial charge on any atom is 0.307 e. The van der Waals surface area contributed by atoms with Crippen LogP contribution in [0.15, 0.2) is 42.5 Å². The van der Waals surface area contributed by atoms with Crippen molar-refractivity contribution < 1.29 is 23.9 Å². The predicted molar refractivity (Wildman–Crippen MR) is 118 cm³/mol. The number of nitriles is 1. The van der Waals surface area contributed by atoms with Crippen molar-refractivity contribution >= 4 is 39.4 Å². The molecule has 9 heteroatoms. The van der Waals surface area contributed by atoms with Gasteiger partial charge in [-0.05, 0) is 42.8 Å². The molecule has 31 heavy (non-hydrogen) atoms. The number of benzene rings is 2. The lowest BCUT2D eigenvalue weighted by Gasteiger charge is -2.14. The van der Waals surface area contributed by atoms with Crippen LogP contribution in [0, 0.1) is 11.3 Å². The van der Waals surface area contributed by atoms with Crippen molar-refractivity contribution in [3.63, 3.8) is 0 Å². The molecule has 0 fully saturated rings. The van der Waals surface area contributed by atoms with Crippen molar-refractivity contribution in [3.8, 4) is 11.8 Å². The van der Waals surface area contributed by atoms with Crippen LogP contribution in [0.2, 0.25) is 0 Å². The third kappa shape index (κ3) is 7.75. The van der Waals surface area contributed by atoms with Crippen LogP contribution in [-0.2, 0) is 20.9 Å². The number of hydrogen-bond acceptors (Lipinski definition) is 6. The summed E-state index contributed by atoms with van der Waals surface area (Å²) < 4.78 is 10.6. The Kier molecular flexibility index (Phi) is 9.52. The van der Waals surface area contributed by atoms with Crippen LogP contribution in [0.4, 0.5) is 5.69 Å². The number of amides is 2. The molecule has 0 heterocycles. The van der Waals surface area contributed by atoms with E-state index in [1.165, 1.54) is 6.07 Å². The van der Waals surface area contributed by atoms with Gasteiger partial charge in [-0.2, -0.15) is 5.26 Å². The number of esters is 1. The SMILES string of the molecule is CCOC(=O)CCNC(=O)c1cc(OCc2ccc(C#N)cc2)ccc1NC(=O)CBr. The topological polar surface area (TPSA) is 118 Å². The van der Waals surface area contributed by atoms with Gasteiger partial charge in [0.15, 0.2) is 0 Å². The van der Waals surface area contributed by atoms with Crippen LogP contribution in [0.25, 0.3) is 0 Å². The first-order valence-corrected chi connectivity index (χ1v) is 10.6. The minimum Gasteiger partial charge on any atom is -0.489 e. The van der Waals surface area contributed by atoms with Gasteiger partial charge < -0.3 is 20.1 Å². The minimum absolute atomic E-state index is 0.0392. The van der Waals surface area contributed by atoms with Gasteiger partial charge in [0.25, 0.3) is 5.91 Å². The molecule has 2 amide bonds. The second-order valence-electron chi connectivity index (χ2n) is 6.30. The first-order valence-electron chi connectivity index (χ1n) is 9.52. The summed E-state index contributed by atoms with van der Waals surface area (Å²) >= 11 is 3.07. The summed E-state index contributed by atoms with van der Waals surface area (Å²) in [6, 6.07) is 13.8. The Hall–Kier alpha value is -3.38. The summed E-state index contributed by atoms with van der Waals surface area (Å²) in [7, 11) is 0. The number of anilines is 1. The first kappa shape index (κ1) is 23.9. The maximum absolute atomic E-state index is 12.7. The number of ether oxygens (including phenoxy) is 2. The average molecular weight is 488 g/mol. The molecule has 162 valence electrons. The summed E-state index contributed by atoms with van der Waals surface area (Å²) in [5.41, 5.74) is 1.94. The van der Waals surface area contributed by atoms with Crippen LogP contribution >= 0.6 is 15.9 Å². The molecule has 0 atom stereocenters. The lowest BCUT2D eigenvalue weighted by Crippen LogP contribution is -2.28. The smallest absolute Gasteiger partial charge is 0.307 e. The fourth-order valence-corrected chi connectivity index (χ4v) is 2.68. The lowest BCUT2D eigenvalue weighted by molar-refractivity contribution is -0.142. The number of rotatable bonds is 10. The molecule has 0 aliphatic rings. The highest BCUT2D eigenvalue weighted by atomic mass is 79.9. The number of halogens is 1. The standard InChI is InChI=1S/C22H22BrN3O5/c1-2-30-21(28)9-10-25-22(29)18-11-17(7-8-19(18)26-20(27)12-23)31-14-16-5-3-15(13-24)4-6-16/h3-8,11H,2,9-10,12,14H2,1H3,(H,25,29)(H,26,27). The Bertz CT molecular complexity index is 970. The number of carbonyl (C=O) groups excluding carboxylic acids is 3. The molecular weight excluding hydrogens is 466 g/mol. The van der Waals surface area contributed by atoms with Crippen LogP contribution in [0.1, 0.15) is 34.8 Å².